The molecule has 0 unspecified atom stereocenters. The molecule has 0 atom stereocenters. The first kappa shape index (κ1) is 20.7. The number of hydrogen-bond acceptors (Lipinski definition) is 0. The molecule has 4 aromatic rings. The maximum absolute atomic E-state index is 4.90. The summed E-state index contributed by atoms with van der Waals surface area (Å²) in [6, 6.07) is 43.5. The van der Waals surface area contributed by atoms with Crippen LogP contribution < -0.4 is 21.2 Å². The SMILES string of the molecule is C=P(CCP(=C)(c1ccccc1)c1ccccc1)(c1ccccc1)c1ccccc1. The fourth-order valence-corrected chi connectivity index (χ4v) is 11.3. The smallest absolute Gasteiger partial charge is 0.0208 e. The second-order valence-corrected chi connectivity index (χ2v) is 14.6. The van der Waals surface area contributed by atoms with Crippen molar-refractivity contribution in [1.29, 1.82) is 0 Å². The topological polar surface area (TPSA) is 0 Å². The Bertz CT molecular complexity index is 981. The first-order valence-corrected chi connectivity index (χ1v) is 14.6. The number of hydrogen-bond donors (Lipinski definition) is 0. The monoisotopic (exact) mass is 426 g/mol. The van der Waals surface area contributed by atoms with Crippen molar-refractivity contribution in [2.24, 2.45) is 0 Å². The predicted molar refractivity (Wildman–Crippen MR) is 142 cm³/mol. The van der Waals surface area contributed by atoms with Crippen molar-refractivity contribution in [2.75, 3.05) is 12.3 Å². The fraction of sp³-hybridized carbons (Fsp3) is 0.0714. The summed E-state index contributed by atoms with van der Waals surface area (Å²) < 4.78 is 0. The summed E-state index contributed by atoms with van der Waals surface area (Å²) in [6.07, 6.45) is 11.9. The van der Waals surface area contributed by atoms with Crippen LogP contribution in [0.15, 0.2) is 121 Å². The van der Waals surface area contributed by atoms with Crippen LogP contribution in [0.3, 0.4) is 0 Å². The van der Waals surface area contributed by atoms with E-state index >= 15 is 0 Å². The Hall–Kier alpha value is -2.52. The van der Waals surface area contributed by atoms with Crippen LogP contribution in [0, 0.1) is 0 Å². The van der Waals surface area contributed by atoms with E-state index < -0.39 is 13.8 Å². The van der Waals surface area contributed by atoms with Gasteiger partial charge in [0.05, 0.1) is 0 Å². The highest BCUT2D eigenvalue weighted by molar-refractivity contribution is 7.90. The van der Waals surface area contributed by atoms with Crippen LogP contribution in [0.4, 0.5) is 0 Å². The van der Waals surface area contributed by atoms with E-state index in [2.05, 4.69) is 121 Å². The molecule has 0 saturated carbocycles. The maximum atomic E-state index is 4.90. The second-order valence-electron chi connectivity index (χ2n) is 7.73. The minimum absolute atomic E-state index is 1.04. The summed E-state index contributed by atoms with van der Waals surface area (Å²) in [6.45, 7) is -3.55. The molecule has 4 aromatic carbocycles. The number of rotatable bonds is 7. The highest BCUT2D eigenvalue weighted by Gasteiger charge is 2.25. The Labute approximate surface area is 181 Å². The predicted octanol–water partition coefficient (Wildman–Crippen LogP) is 5.19. The molecule has 0 aliphatic heterocycles. The summed E-state index contributed by atoms with van der Waals surface area (Å²) in [4.78, 5) is 0. The van der Waals surface area contributed by atoms with Crippen molar-refractivity contribution < 1.29 is 0 Å². The van der Waals surface area contributed by atoms with Gasteiger partial charge in [-0.3, -0.25) is 0 Å². The summed E-state index contributed by atoms with van der Waals surface area (Å²) in [5.41, 5.74) is 0. The zero-order valence-corrected chi connectivity index (χ0v) is 19.1. The lowest BCUT2D eigenvalue weighted by Gasteiger charge is -2.32. The lowest BCUT2D eigenvalue weighted by molar-refractivity contribution is 1.50. The average molecular weight is 426 g/mol. The van der Waals surface area contributed by atoms with Gasteiger partial charge < -0.3 is 0 Å². The van der Waals surface area contributed by atoms with E-state index in [0.717, 1.165) is 12.3 Å². The molecule has 0 aromatic heterocycles. The van der Waals surface area contributed by atoms with Gasteiger partial charge in [0, 0.05) is 0 Å². The van der Waals surface area contributed by atoms with Crippen molar-refractivity contribution in [2.45, 2.75) is 0 Å². The van der Waals surface area contributed by atoms with Crippen molar-refractivity contribution in [3.63, 3.8) is 0 Å². The first-order chi connectivity index (χ1) is 14.6. The summed E-state index contributed by atoms with van der Waals surface area (Å²) in [7, 11) is 0. The van der Waals surface area contributed by atoms with E-state index in [4.69, 9.17) is 12.6 Å². The molecule has 0 saturated heterocycles. The molecule has 0 heterocycles. The molecule has 0 aliphatic carbocycles. The molecule has 150 valence electrons. The minimum atomic E-state index is -1.77. The molecule has 0 fully saturated rings. The molecule has 2 heteroatoms. The van der Waals surface area contributed by atoms with E-state index in [-0.39, 0.29) is 0 Å². The van der Waals surface area contributed by atoms with Crippen molar-refractivity contribution in [3.8, 4) is 0 Å². The van der Waals surface area contributed by atoms with Gasteiger partial charge in [0.25, 0.3) is 0 Å². The number of benzene rings is 4. The van der Waals surface area contributed by atoms with Crippen LogP contribution in [-0.4, -0.2) is 24.9 Å². The van der Waals surface area contributed by atoms with Crippen LogP contribution in [0.5, 0.6) is 0 Å². The first-order valence-electron chi connectivity index (χ1n) is 10.3. The highest BCUT2D eigenvalue weighted by atomic mass is 31.2. The van der Waals surface area contributed by atoms with Gasteiger partial charge in [0.1, 0.15) is 0 Å². The summed E-state index contributed by atoms with van der Waals surface area (Å²) in [5.74, 6) is 0. The quantitative estimate of drug-likeness (QED) is 0.357. The Morgan fingerprint density at radius 3 is 0.767 bits per heavy atom. The lowest BCUT2D eigenvalue weighted by Crippen LogP contribution is -2.25. The van der Waals surface area contributed by atoms with Crippen LogP contribution in [-0.2, 0) is 0 Å². The molecule has 0 amide bonds. The van der Waals surface area contributed by atoms with Gasteiger partial charge in [-0.1, -0.05) is 148 Å². The molecule has 4 rings (SSSR count). The normalized spacial score (nSPS) is 11.9. The fourth-order valence-electron chi connectivity index (χ4n) is 4.01. The van der Waals surface area contributed by atoms with Crippen LogP contribution >= 0.6 is 13.8 Å². The van der Waals surface area contributed by atoms with E-state index in [0.29, 0.717) is 0 Å². The molecular weight excluding hydrogens is 398 g/mol. The van der Waals surface area contributed by atoms with Gasteiger partial charge in [0.2, 0.25) is 0 Å². The minimum Gasteiger partial charge on any atom is -0.0926 e. The third-order valence-corrected chi connectivity index (χ3v) is 13.3. The largest absolute Gasteiger partial charge is 0.0926 e. The van der Waals surface area contributed by atoms with Crippen molar-refractivity contribution >= 4 is 47.6 Å². The van der Waals surface area contributed by atoms with Gasteiger partial charge in [-0.15, -0.1) is 0 Å². The second kappa shape index (κ2) is 9.09. The molecule has 0 radical (unpaired) electrons. The summed E-state index contributed by atoms with van der Waals surface area (Å²) >= 11 is 0. The van der Waals surface area contributed by atoms with Gasteiger partial charge in [0.15, 0.2) is 0 Å². The van der Waals surface area contributed by atoms with E-state index in [9.17, 15) is 0 Å². The highest BCUT2D eigenvalue weighted by Crippen LogP contribution is 2.50. The Kier molecular flexibility index (Phi) is 6.29. The van der Waals surface area contributed by atoms with Crippen LogP contribution in [0.1, 0.15) is 0 Å². The molecule has 0 aliphatic rings. The average Bonchev–Trinajstić information content (AvgIpc) is 2.84. The zero-order valence-electron chi connectivity index (χ0n) is 17.3. The van der Waals surface area contributed by atoms with Crippen molar-refractivity contribution in [1.82, 2.24) is 0 Å². The molecule has 0 bridgehead atoms. The molecule has 30 heavy (non-hydrogen) atoms. The Morgan fingerprint density at radius 1 is 0.367 bits per heavy atom. The van der Waals surface area contributed by atoms with Gasteiger partial charge in [-0.2, -0.15) is 0 Å². The Balaban J connectivity index is 1.78. The van der Waals surface area contributed by atoms with Gasteiger partial charge in [-0.05, 0) is 33.5 Å². The molecule has 0 nitrogen and oxygen atoms in total. The zero-order chi connectivity index (χ0) is 20.9. The molecule has 0 spiro atoms. The summed E-state index contributed by atoms with van der Waals surface area (Å²) in [5, 5.41) is 5.46. The van der Waals surface area contributed by atoms with E-state index in [1.54, 1.807) is 0 Å². The maximum Gasteiger partial charge on any atom is -0.0208 e. The van der Waals surface area contributed by atoms with Crippen LogP contribution in [0.2, 0.25) is 0 Å². The third kappa shape index (κ3) is 4.17. The third-order valence-electron chi connectivity index (χ3n) is 5.87. The van der Waals surface area contributed by atoms with Gasteiger partial charge in [-0.25, -0.2) is 0 Å². The van der Waals surface area contributed by atoms with Crippen molar-refractivity contribution in [3.05, 3.63) is 121 Å². The Morgan fingerprint density at radius 2 is 0.567 bits per heavy atom. The molecular formula is C28H28P2. The van der Waals surface area contributed by atoms with E-state index in [1.807, 2.05) is 0 Å². The standard InChI is InChI=1S/C28H28P2/c1-29(25-15-7-3-8-16-25,26-17-9-4-10-18-26)23-24-30(2,27-19-11-5-12-20-27)28-21-13-6-14-22-28/h3-22H,1-2,23-24H2. The van der Waals surface area contributed by atoms with E-state index in [1.165, 1.54) is 21.2 Å². The van der Waals surface area contributed by atoms with Gasteiger partial charge >= 0.3 is 0 Å². The van der Waals surface area contributed by atoms with Crippen LogP contribution in [0.25, 0.3) is 0 Å². The molecule has 0 N–H and O–H groups in total. The lowest BCUT2D eigenvalue weighted by atomic mass is 10.4.